The lowest BCUT2D eigenvalue weighted by Gasteiger charge is -2.10. The maximum absolute atomic E-state index is 11.8. The number of rotatable bonds is 4. The van der Waals surface area contributed by atoms with Crippen LogP contribution in [0, 0.1) is 3.57 Å². The first-order valence-electron chi connectivity index (χ1n) is 5.13. The van der Waals surface area contributed by atoms with Crippen LogP contribution in [0.4, 0.5) is 0 Å². The number of ether oxygens (including phenoxy) is 1. The number of hydrogen-bond acceptors (Lipinski definition) is 5. The zero-order valence-corrected chi connectivity index (χ0v) is 13.1. The highest BCUT2D eigenvalue weighted by Gasteiger charge is 2.22. The van der Waals surface area contributed by atoms with Crippen molar-refractivity contribution in [2.75, 3.05) is 0 Å². The molecule has 0 aliphatic heterocycles. The summed E-state index contributed by atoms with van der Waals surface area (Å²) in [7, 11) is -4.14. The summed E-state index contributed by atoms with van der Waals surface area (Å²) in [5, 5.41) is 0. The van der Waals surface area contributed by atoms with Gasteiger partial charge in [0.2, 0.25) is 0 Å². The SMILES string of the molecule is CC(C)OC(=O)c1cccc(S(=O)(=O)N=C=O)c1I. The molecule has 0 saturated heterocycles. The molecule has 0 atom stereocenters. The van der Waals surface area contributed by atoms with Crippen molar-refractivity contribution in [3.8, 4) is 0 Å². The van der Waals surface area contributed by atoms with E-state index in [1.165, 1.54) is 18.2 Å². The van der Waals surface area contributed by atoms with Crippen LogP contribution in [0.2, 0.25) is 0 Å². The molecular weight excluding hydrogens is 385 g/mol. The van der Waals surface area contributed by atoms with Gasteiger partial charge in [0.25, 0.3) is 16.1 Å². The van der Waals surface area contributed by atoms with Crippen LogP contribution in [0.1, 0.15) is 24.2 Å². The highest BCUT2D eigenvalue weighted by Crippen LogP contribution is 2.24. The Balaban J connectivity index is 3.35. The van der Waals surface area contributed by atoms with E-state index in [9.17, 15) is 18.0 Å². The van der Waals surface area contributed by atoms with Gasteiger partial charge < -0.3 is 4.74 Å². The van der Waals surface area contributed by atoms with Crippen LogP contribution in [0.25, 0.3) is 0 Å². The molecule has 0 amide bonds. The number of halogens is 1. The van der Waals surface area contributed by atoms with Crippen LogP contribution in [0.5, 0.6) is 0 Å². The Morgan fingerprint density at radius 1 is 1.42 bits per heavy atom. The van der Waals surface area contributed by atoms with Gasteiger partial charge in [-0.3, -0.25) is 0 Å². The van der Waals surface area contributed by atoms with Crippen LogP contribution in [-0.2, 0) is 19.6 Å². The first-order chi connectivity index (χ1) is 8.79. The van der Waals surface area contributed by atoms with E-state index in [0.29, 0.717) is 0 Å². The maximum Gasteiger partial charge on any atom is 0.339 e. The molecule has 0 bridgehead atoms. The fourth-order valence-electron chi connectivity index (χ4n) is 1.24. The second-order valence-electron chi connectivity index (χ2n) is 3.73. The van der Waals surface area contributed by atoms with Crippen LogP contribution in [-0.4, -0.2) is 26.6 Å². The predicted molar refractivity (Wildman–Crippen MR) is 75.0 cm³/mol. The molecule has 1 aromatic rings. The Bertz CT molecular complexity index is 647. The monoisotopic (exact) mass is 395 g/mol. The highest BCUT2D eigenvalue weighted by molar-refractivity contribution is 14.1. The van der Waals surface area contributed by atoms with Crippen LogP contribution in [0.3, 0.4) is 0 Å². The Kier molecular flexibility index (Phi) is 5.21. The number of carbonyl (C=O) groups excluding carboxylic acids is 2. The third-order valence-corrected chi connectivity index (χ3v) is 4.70. The summed E-state index contributed by atoms with van der Waals surface area (Å²) in [6.45, 7) is 3.37. The lowest BCUT2D eigenvalue weighted by atomic mass is 10.2. The zero-order chi connectivity index (χ0) is 14.6. The predicted octanol–water partition coefficient (Wildman–Crippen LogP) is 1.88. The minimum Gasteiger partial charge on any atom is -0.459 e. The van der Waals surface area contributed by atoms with Crippen molar-refractivity contribution in [2.45, 2.75) is 24.8 Å². The number of sulfonamides is 1. The van der Waals surface area contributed by atoms with Crippen molar-refractivity contribution in [3.63, 3.8) is 0 Å². The Morgan fingerprint density at radius 2 is 2.05 bits per heavy atom. The molecular formula is C11H10INO5S. The van der Waals surface area contributed by atoms with E-state index in [2.05, 4.69) is 4.40 Å². The normalized spacial score (nSPS) is 10.9. The van der Waals surface area contributed by atoms with Crippen molar-refractivity contribution in [2.24, 2.45) is 4.40 Å². The molecule has 0 saturated carbocycles. The van der Waals surface area contributed by atoms with Gasteiger partial charge in [0, 0.05) is 3.57 Å². The smallest absolute Gasteiger partial charge is 0.339 e. The minimum absolute atomic E-state index is 0.108. The van der Waals surface area contributed by atoms with Crippen molar-refractivity contribution >= 4 is 44.7 Å². The summed E-state index contributed by atoms with van der Waals surface area (Å²) in [5.41, 5.74) is 0.108. The van der Waals surface area contributed by atoms with Crippen molar-refractivity contribution in [1.82, 2.24) is 0 Å². The average molecular weight is 395 g/mol. The lowest BCUT2D eigenvalue weighted by Crippen LogP contribution is -2.14. The quantitative estimate of drug-likeness (QED) is 0.336. The van der Waals surface area contributed by atoms with Gasteiger partial charge in [-0.15, -0.1) is 0 Å². The number of isocyanates is 1. The number of esters is 1. The first-order valence-corrected chi connectivity index (χ1v) is 7.65. The van der Waals surface area contributed by atoms with E-state index < -0.39 is 16.0 Å². The van der Waals surface area contributed by atoms with Crippen molar-refractivity contribution in [3.05, 3.63) is 27.3 Å². The van der Waals surface area contributed by atoms with Gasteiger partial charge in [-0.25, -0.2) is 9.59 Å². The summed E-state index contributed by atoms with van der Waals surface area (Å²) < 4.78 is 31.2. The summed E-state index contributed by atoms with van der Waals surface area (Å²) in [6.07, 6.45) is 0.659. The molecule has 0 aromatic heterocycles. The van der Waals surface area contributed by atoms with Crippen molar-refractivity contribution in [1.29, 1.82) is 0 Å². The van der Waals surface area contributed by atoms with Crippen LogP contribution < -0.4 is 0 Å². The molecule has 0 N–H and O–H groups in total. The third kappa shape index (κ3) is 3.85. The average Bonchev–Trinajstić information content (AvgIpc) is 2.27. The van der Waals surface area contributed by atoms with Gasteiger partial charge in [0.1, 0.15) is 4.90 Å². The van der Waals surface area contributed by atoms with Crippen molar-refractivity contribution < 1.29 is 22.7 Å². The number of carbonyl (C=O) groups is 1. The molecule has 102 valence electrons. The van der Waals surface area contributed by atoms with E-state index in [4.69, 9.17) is 4.74 Å². The van der Waals surface area contributed by atoms with E-state index in [1.54, 1.807) is 36.4 Å². The van der Waals surface area contributed by atoms with Gasteiger partial charge in [-0.1, -0.05) is 10.5 Å². The van der Waals surface area contributed by atoms with Gasteiger partial charge in [-0.05, 0) is 48.6 Å². The molecule has 0 spiro atoms. The van der Waals surface area contributed by atoms with Crippen LogP contribution >= 0.6 is 22.6 Å². The Hall–Kier alpha value is -1.25. The van der Waals surface area contributed by atoms with Crippen LogP contribution in [0.15, 0.2) is 27.5 Å². The zero-order valence-electron chi connectivity index (χ0n) is 10.1. The molecule has 0 aliphatic carbocycles. The molecule has 1 rings (SSSR count). The van der Waals surface area contributed by atoms with Gasteiger partial charge in [0.05, 0.1) is 11.7 Å². The number of benzene rings is 1. The summed E-state index contributed by atoms with van der Waals surface area (Å²) in [6, 6.07) is 4.08. The molecule has 0 aliphatic rings. The fourth-order valence-corrected chi connectivity index (χ4v) is 3.44. The fraction of sp³-hybridized carbons (Fsp3) is 0.273. The third-order valence-electron chi connectivity index (χ3n) is 1.96. The van der Waals surface area contributed by atoms with E-state index in [-0.39, 0.29) is 20.1 Å². The summed E-state index contributed by atoms with van der Waals surface area (Å²) >= 11 is 1.70. The first kappa shape index (κ1) is 15.8. The van der Waals surface area contributed by atoms with E-state index in [0.717, 1.165) is 6.08 Å². The summed E-state index contributed by atoms with van der Waals surface area (Å²) in [4.78, 5) is 21.7. The minimum atomic E-state index is -4.14. The molecule has 0 unspecified atom stereocenters. The molecule has 19 heavy (non-hydrogen) atoms. The van der Waals surface area contributed by atoms with Gasteiger partial charge >= 0.3 is 5.97 Å². The van der Waals surface area contributed by atoms with E-state index >= 15 is 0 Å². The van der Waals surface area contributed by atoms with Gasteiger partial charge in [-0.2, -0.15) is 8.42 Å². The largest absolute Gasteiger partial charge is 0.459 e. The van der Waals surface area contributed by atoms with E-state index in [1.807, 2.05) is 0 Å². The lowest BCUT2D eigenvalue weighted by molar-refractivity contribution is 0.0376. The standard InChI is InChI=1S/C11H10INO5S/c1-7(2)18-11(15)8-4-3-5-9(10(8)12)19(16,17)13-6-14/h3-5,7H,1-2H3. The second-order valence-corrected chi connectivity index (χ2v) is 6.38. The molecule has 0 heterocycles. The molecule has 8 heteroatoms. The molecule has 0 fully saturated rings. The second kappa shape index (κ2) is 6.27. The molecule has 0 radical (unpaired) electrons. The molecule has 1 aromatic carbocycles. The highest BCUT2D eigenvalue weighted by atomic mass is 127. The Morgan fingerprint density at radius 3 is 2.58 bits per heavy atom. The topological polar surface area (TPSA) is 89.9 Å². The van der Waals surface area contributed by atoms with Gasteiger partial charge in [0.15, 0.2) is 0 Å². The maximum atomic E-state index is 11.8. The number of nitrogens with zero attached hydrogens (tertiary/aromatic N) is 1. The Labute approximate surface area is 124 Å². The number of hydrogen-bond donors (Lipinski definition) is 0. The molecule has 6 nitrogen and oxygen atoms in total. The summed E-state index contributed by atoms with van der Waals surface area (Å²) in [5.74, 6) is -0.633.